The maximum Gasteiger partial charge on any atom is 0.174 e. The summed E-state index contributed by atoms with van der Waals surface area (Å²) in [6.07, 6.45) is -0.151. The SMILES string of the molecule is CCOCC(OCC)O[SiH](C)C. The molecule has 0 rings (SSSR count). The third kappa shape index (κ3) is 6.79. The minimum absolute atomic E-state index is 0.151. The minimum Gasteiger partial charge on any atom is -0.394 e. The van der Waals surface area contributed by atoms with Gasteiger partial charge in [0.25, 0.3) is 0 Å². The van der Waals surface area contributed by atoms with E-state index in [4.69, 9.17) is 13.9 Å². The molecule has 0 radical (unpaired) electrons. The summed E-state index contributed by atoms with van der Waals surface area (Å²) >= 11 is 0. The first-order chi connectivity index (χ1) is 5.70. The normalized spacial score (nSPS) is 13.8. The molecular formula is C8H20O3Si. The fourth-order valence-electron chi connectivity index (χ4n) is 0.830. The second kappa shape index (κ2) is 7.73. The number of hydrogen-bond donors (Lipinski definition) is 0. The van der Waals surface area contributed by atoms with E-state index in [0.717, 1.165) is 0 Å². The predicted molar refractivity (Wildman–Crippen MR) is 51.9 cm³/mol. The molecular weight excluding hydrogens is 172 g/mol. The van der Waals surface area contributed by atoms with Crippen molar-refractivity contribution in [2.24, 2.45) is 0 Å². The maximum absolute atomic E-state index is 5.58. The first-order valence-corrected chi connectivity index (χ1v) is 7.33. The Balaban J connectivity index is 3.54. The summed E-state index contributed by atoms with van der Waals surface area (Å²) in [5.41, 5.74) is 0. The van der Waals surface area contributed by atoms with E-state index < -0.39 is 9.04 Å². The number of rotatable bonds is 7. The smallest absolute Gasteiger partial charge is 0.174 e. The molecule has 0 saturated carbocycles. The van der Waals surface area contributed by atoms with Crippen LogP contribution in [0.3, 0.4) is 0 Å². The molecule has 0 aliphatic rings. The van der Waals surface area contributed by atoms with Crippen molar-refractivity contribution < 1.29 is 13.9 Å². The van der Waals surface area contributed by atoms with Gasteiger partial charge in [0.1, 0.15) is 0 Å². The molecule has 0 aliphatic carbocycles. The van der Waals surface area contributed by atoms with Gasteiger partial charge in [0.05, 0.1) is 6.61 Å². The lowest BCUT2D eigenvalue weighted by Crippen LogP contribution is -2.28. The largest absolute Gasteiger partial charge is 0.394 e. The Morgan fingerprint density at radius 2 is 1.83 bits per heavy atom. The van der Waals surface area contributed by atoms with Crippen molar-refractivity contribution >= 4 is 9.04 Å². The highest BCUT2D eigenvalue weighted by Crippen LogP contribution is 1.98. The molecule has 0 aromatic heterocycles. The van der Waals surface area contributed by atoms with Crippen LogP contribution in [0.15, 0.2) is 0 Å². The van der Waals surface area contributed by atoms with Crippen LogP contribution in [0.1, 0.15) is 13.8 Å². The summed E-state index contributed by atoms with van der Waals surface area (Å²) in [6, 6.07) is 0. The molecule has 3 nitrogen and oxygen atoms in total. The maximum atomic E-state index is 5.58. The zero-order valence-electron chi connectivity index (χ0n) is 8.50. The van der Waals surface area contributed by atoms with Crippen molar-refractivity contribution in [3.63, 3.8) is 0 Å². The van der Waals surface area contributed by atoms with E-state index in [1.165, 1.54) is 0 Å². The molecule has 0 aromatic rings. The summed E-state index contributed by atoms with van der Waals surface area (Å²) in [6.45, 7) is 10.1. The van der Waals surface area contributed by atoms with E-state index in [1.807, 2.05) is 13.8 Å². The van der Waals surface area contributed by atoms with Gasteiger partial charge in [0.15, 0.2) is 15.3 Å². The van der Waals surface area contributed by atoms with Crippen molar-refractivity contribution in [2.45, 2.75) is 33.2 Å². The van der Waals surface area contributed by atoms with E-state index in [-0.39, 0.29) is 6.29 Å². The van der Waals surface area contributed by atoms with Gasteiger partial charge in [-0.2, -0.15) is 0 Å². The predicted octanol–water partition coefficient (Wildman–Crippen LogP) is 1.39. The van der Waals surface area contributed by atoms with E-state index in [2.05, 4.69) is 13.1 Å². The third-order valence-electron chi connectivity index (χ3n) is 1.23. The molecule has 0 spiro atoms. The van der Waals surface area contributed by atoms with Crippen LogP contribution in [0, 0.1) is 0 Å². The molecule has 12 heavy (non-hydrogen) atoms. The molecule has 0 fully saturated rings. The summed E-state index contributed by atoms with van der Waals surface area (Å²) < 4.78 is 16.1. The van der Waals surface area contributed by atoms with E-state index in [9.17, 15) is 0 Å². The lowest BCUT2D eigenvalue weighted by Gasteiger charge is -2.19. The molecule has 0 heterocycles. The minimum atomic E-state index is -1.01. The van der Waals surface area contributed by atoms with E-state index >= 15 is 0 Å². The van der Waals surface area contributed by atoms with Crippen LogP contribution < -0.4 is 0 Å². The zero-order valence-corrected chi connectivity index (χ0v) is 9.66. The van der Waals surface area contributed by atoms with Gasteiger partial charge in [-0.15, -0.1) is 0 Å². The molecule has 1 atom stereocenters. The van der Waals surface area contributed by atoms with Crippen LogP contribution in [-0.2, 0) is 13.9 Å². The molecule has 4 heteroatoms. The average Bonchev–Trinajstić information content (AvgIpc) is 2.00. The second-order valence-corrected chi connectivity index (χ2v) is 5.10. The van der Waals surface area contributed by atoms with Gasteiger partial charge in [0, 0.05) is 13.2 Å². The quantitative estimate of drug-likeness (QED) is 0.450. The summed E-state index contributed by atoms with van der Waals surface area (Å²) in [5, 5.41) is 0. The van der Waals surface area contributed by atoms with Gasteiger partial charge in [-0.3, -0.25) is 0 Å². The van der Waals surface area contributed by atoms with Crippen LogP contribution in [-0.4, -0.2) is 35.2 Å². The highest BCUT2D eigenvalue weighted by atomic mass is 28.3. The molecule has 0 amide bonds. The van der Waals surface area contributed by atoms with Gasteiger partial charge in [-0.1, -0.05) is 0 Å². The zero-order chi connectivity index (χ0) is 9.40. The van der Waals surface area contributed by atoms with Crippen molar-refractivity contribution in [3.8, 4) is 0 Å². The Morgan fingerprint density at radius 3 is 2.25 bits per heavy atom. The van der Waals surface area contributed by atoms with Crippen LogP contribution in [0.25, 0.3) is 0 Å². The third-order valence-corrected chi connectivity index (χ3v) is 2.08. The van der Waals surface area contributed by atoms with Gasteiger partial charge in [-0.05, 0) is 26.9 Å². The highest BCUT2D eigenvalue weighted by molar-refractivity contribution is 6.48. The van der Waals surface area contributed by atoms with Crippen LogP contribution in [0.4, 0.5) is 0 Å². The van der Waals surface area contributed by atoms with Gasteiger partial charge in [-0.25, -0.2) is 0 Å². The molecule has 0 aliphatic heterocycles. The Morgan fingerprint density at radius 1 is 1.17 bits per heavy atom. The van der Waals surface area contributed by atoms with Crippen LogP contribution >= 0.6 is 0 Å². The molecule has 74 valence electrons. The summed E-state index contributed by atoms with van der Waals surface area (Å²) in [7, 11) is -1.01. The van der Waals surface area contributed by atoms with Gasteiger partial charge >= 0.3 is 0 Å². The van der Waals surface area contributed by atoms with E-state index in [1.54, 1.807) is 0 Å². The first-order valence-electron chi connectivity index (χ1n) is 4.55. The summed E-state index contributed by atoms with van der Waals surface area (Å²) in [5.74, 6) is 0. The van der Waals surface area contributed by atoms with Crippen molar-refractivity contribution in [2.75, 3.05) is 19.8 Å². The standard InChI is InChI=1S/C8H20O3Si/c1-5-9-7-8(10-6-2)11-12(3)4/h8,12H,5-7H2,1-4H3. The van der Waals surface area contributed by atoms with Gasteiger partial charge in [0.2, 0.25) is 0 Å². The first kappa shape index (κ1) is 12.1. The average molecular weight is 192 g/mol. The monoisotopic (exact) mass is 192 g/mol. The molecule has 0 N–H and O–H groups in total. The Labute approximate surface area is 76.7 Å². The Bertz CT molecular complexity index is 98.3. The second-order valence-electron chi connectivity index (χ2n) is 2.73. The molecule has 0 saturated heterocycles. The van der Waals surface area contributed by atoms with Gasteiger partial charge < -0.3 is 13.9 Å². The number of hydrogen-bond acceptors (Lipinski definition) is 3. The summed E-state index contributed by atoms with van der Waals surface area (Å²) in [4.78, 5) is 0. The topological polar surface area (TPSA) is 27.7 Å². The highest BCUT2D eigenvalue weighted by Gasteiger charge is 2.10. The van der Waals surface area contributed by atoms with Crippen LogP contribution in [0.2, 0.25) is 13.1 Å². The van der Waals surface area contributed by atoms with Crippen molar-refractivity contribution in [1.82, 2.24) is 0 Å². The fraction of sp³-hybridized carbons (Fsp3) is 1.00. The Hall–Kier alpha value is 0.0969. The number of ether oxygens (including phenoxy) is 2. The molecule has 1 unspecified atom stereocenters. The fourth-order valence-corrected chi connectivity index (χ4v) is 1.59. The Kier molecular flexibility index (Phi) is 7.79. The van der Waals surface area contributed by atoms with Crippen molar-refractivity contribution in [3.05, 3.63) is 0 Å². The lowest BCUT2D eigenvalue weighted by molar-refractivity contribution is -0.118. The lowest BCUT2D eigenvalue weighted by atomic mass is 10.6. The molecule has 0 bridgehead atoms. The van der Waals surface area contributed by atoms with E-state index in [0.29, 0.717) is 19.8 Å². The van der Waals surface area contributed by atoms with Crippen LogP contribution in [0.5, 0.6) is 0 Å². The van der Waals surface area contributed by atoms with Crippen molar-refractivity contribution in [1.29, 1.82) is 0 Å². The molecule has 0 aromatic carbocycles.